The molecule has 1 unspecified atom stereocenters. The number of aromatic nitrogens is 1. The lowest BCUT2D eigenvalue weighted by Gasteiger charge is -2.05. The summed E-state index contributed by atoms with van der Waals surface area (Å²) in [6, 6.07) is 0. The van der Waals surface area contributed by atoms with Crippen molar-refractivity contribution in [1.82, 2.24) is 4.98 Å². The van der Waals surface area contributed by atoms with Crippen molar-refractivity contribution in [2.45, 2.75) is 51.0 Å². The van der Waals surface area contributed by atoms with E-state index in [1.165, 1.54) is 6.42 Å². The van der Waals surface area contributed by atoms with Crippen molar-refractivity contribution in [2.75, 3.05) is 6.61 Å². The van der Waals surface area contributed by atoms with Crippen molar-refractivity contribution in [3.63, 3.8) is 0 Å². The number of carbonyl (C=O) groups excluding carboxylic acids is 1. The van der Waals surface area contributed by atoms with Gasteiger partial charge in [0.1, 0.15) is 5.01 Å². The van der Waals surface area contributed by atoms with Gasteiger partial charge >= 0.3 is 5.97 Å². The Morgan fingerprint density at radius 3 is 3.00 bits per heavy atom. The molecule has 0 aliphatic heterocycles. The Labute approximate surface area is 117 Å². The van der Waals surface area contributed by atoms with Crippen LogP contribution in [0.4, 0.5) is 0 Å². The van der Waals surface area contributed by atoms with Crippen LogP contribution in [0.2, 0.25) is 0 Å². The summed E-state index contributed by atoms with van der Waals surface area (Å²) in [6.07, 6.45) is 2.30. The molecule has 0 saturated heterocycles. The normalized spacial score (nSPS) is 12.4. The van der Waals surface area contributed by atoms with Crippen molar-refractivity contribution < 1.29 is 9.53 Å². The number of thioether (sulfide) groups is 1. The Kier molecular flexibility index (Phi) is 7.35. The van der Waals surface area contributed by atoms with E-state index in [1.807, 2.05) is 24.1 Å². The number of hydrogen-bond donors (Lipinski definition) is 0. The third-order valence-corrected chi connectivity index (χ3v) is 4.98. The molecule has 1 heterocycles. The first-order chi connectivity index (χ1) is 8.65. The number of nitrogens with zero attached hydrogens (tertiary/aromatic N) is 1. The van der Waals surface area contributed by atoms with E-state index in [9.17, 15) is 4.79 Å². The van der Waals surface area contributed by atoms with Crippen LogP contribution in [-0.4, -0.2) is 22.8 Å². The van der Waals surface area contributed by atoms with Gasteiger partial charge in [-0.15, -0.1) is 11.3 Å². The SMILES string of the molecule is CCOC(=O)CCc1csc(CSC(C)CC)n1. The molecule has 0 aromatic carbocycles. The Balaban J connectivity index is 2.32. The van der Waals surface area contributed by atoms with Crippen LogP contribution in [0.1, 0.15) is 44.3 Å². The van der Waals surface area contributed by atoms with Crippen LogP contribution >= 0.6 is 23.1 Å². The maximum Gasteiger partial charge on any atom is 0.306 e. The zero-order valence-corrected chi connectivity index (χ0v) is 12.9. The molecule has 1 atom stereocenters. The van der Waals surface area contributed by atoms with Gasteiger partial charge in [0.2, 0.25) is 0 Å². The Morgan fingerprint density at radius 1 is 1.56 bits per heavy atom. The van der Waals surface area contributed by atoms with Crippen molar-refractivity contribution in [2.24, 2.45) is 0 Å². The minimum atomic E-state index is -0.138. The van der Waals surface area contributed by atoms with E-state index in [0.717, 1.165) is 16.5 Å². The molecule has 0 aliphatic rings. The van der Waals surface area contributed by atoms with E-state index >= 15 is 0 Å². The Bertz CT molecular complexity index is 366. The van der Waals surface area contributed by atoms with Crippen LogP contribution in [0.5, 0.6) is 0 Å². The summed E-state index contributed by atoms with van der Waals surface area (Å²) in [5.74, 6) is 0.833. The average molecular weight is 287 g/mol. The van der Waals surface area contributed by atoms with E-state index in [0.29, 0.717) is 24.7 Å². The molecule has 1 aromatic heterocycles. The number of carbonyl (C=O) groups is 1. The second kappa shape index (κ2) is 8.53. The first-order valence-corrected chi connectivity index (χ1v) is 8.29. The van der Waals surface area contributed by atoms with E-state index in [1.54, 1.807) is 11.3 Å². The van der Waals surface area contributed by atoms with Crippen LogP contribution in [-0.2, 0) is 21.7 Å². The molecule has 0 amide bonds. The van der Waals surface area contributed by atoms with E-state index in [2.05, 4.69) is 18.8 Å². The zero-order valence-electron chi connectivity index (χ0n) is 11.3. The van der Waals surface area contributed by atoms with Gasteiger partial charge in [0.05, 0.1) is 18.7 Å². The molecule has 0 aliphatic carbocycles. The van der Waals surface area contributed by atoms with Gasteiger partial charge < -0.3 is 4.74 Å². The molecule has 0 saturated carbocycles. The van der Waals surface area contributed by atoms with Crippen molar-refractivity contribution in [1.29, 1.82) is 0 Å². The van der Waals surface area contributed by atoms with Crippen LogP contribution in [0.25, 0.3) is 0 Å². The van der Waals surface area contributed by atoms with Gasteiger partial charge in [0.15, 0.2) is 0 Å². The number of aryl methyl sites for hydroxylation is 1. The summed E-state index contributed by atoms with van der Waals surface area (Å²) in [5, 5.41) is 3.88. The molecular formula is C13H21NO2S2. The molecule has 0 fully saturated rings. The second-order valence-electron chi connectivity index (χ2n) is 4.07. The van der Waals surface area contributed by atoms with Gasteiger partial charge in [0.25, 0.3) is 0 Å². The van der Waals surface area contributed by atoms with Crippen LogP contribution in [0.15, 0.2) is 5.38 Å². The number of thiazole rings is 1. The lowest BCUT2D eigenvalue weighted by atomic mass is 10.2. The lowest BCUT2D eigenvalue weighted by Crippen LogP contribution is -2.05. The minimum absolute atomic E-state index is 0.138. The summed E-state index contributed by atoms with van der Waals surface area (Å²) >= 11 is 3.61. The quantitative estimate of drug-likeness (QED) is 0.684. The average Bonchev–Trinajstić information content (AvgIpc) is 2.82. The fourth-order valence-electron chi connectivity index (χ4n) is 1.32. The van der Waals surface area contributed by atoms with Crippen LogP contribution < -0.4 is 0 Å². The summed E-state index contributed by atoms with van der Waals surface area (Å²) in [6.45, 7) is 6.71. The van der Waals surface area contributed by atoms with Crippen LogP contribution in [0.3, 0.4) is 0 Å². The fourth-order valence-corrected chi connectivity index (χ4v) is 3.14. The van der Waals surface area contributed by atoms with E-state index < -0.39 is 0 Å². The highest BCUT2D eigenvalue weighted by atomic mass is 32.2. The van der Waals surface area contributed by atoms with Crippen LogP contribution in [0, 0.1) is 0 Å². The molecule has 0 N–H and O–H groups in total. The minimum Gasteiger partial charge on any atom is -0.466 e. The monoisotopic (exact) mass is 287 g/mol. The molecule has 102 valence electrons. The molecule has 5 heteroatoms. The third-order valence-electron chi connectivity index (χ3n) is 2.56. The number of esters is 1. The highest BCUT2D eigenvalue weighted by Crippen LogP contribution is 2.22. The Hall–Kier alpha value is -0.550. The van der Waals surface area contributed by atoms with E-state index in [-0.39, 0.29) is 5.97 Å². The summed E-state index contributed by atoms with van der Waals surface area (Å²) in [4.78, 5) is 15.8. The maximum atomic E-state index is 11.2. The fraction of sp³-hybridized carbons (Fsp3) is 0.692. The maximum absolute atomic E-state index is 11.2. The summed E-state index contributed by atoms with van der Waals surface area (Å²) < 4.78 is 4.90. The third kappa shape index (κ3) is 5.87. The first kappa shape index (κ1) is 15.5. The highest BCUT2D eigenvalue weighted by Gasteiger charge is 2.07. The number of ether oxygens (including phenoxy) is 1. The number of rotatable bonds is 8. The number of hydrogen-bond acceptors (Lipinski definition) is 5. The largest absolute Gasteiger partial charge is 0.466 e. The predicted molar refractivity (Wildman–Crippen MR) is 78.1 cm³/mol. The van der Waals surface area contributed by atoms with Crippen molar-refractivity contribution >= 4 is 29.1 Å². The highest BCUT2D eigenvalue weighted by molar-refractivity contribution is 7.99. The predicted octanol–water partition coefficient (Wildman–Crippen LogP) is 3.67. The second-order valence-corrected chi connectivity index (χ2v) is 6.44. The smallest absolute Gasteiger partial charge is 0.306 e. The van der Waals surface area contributed by atoms with Gasteiger partial charge in [0, 0.05) is 22.8 Å². The standard InChI is InChI=1S/C13H21NO2S2/c1-4-10(3)17-9-12-14-11(8-18-12)6-7-13(15)16-5-2/h8,10H,4-7,9H2,1-3H3. The molecule has 1 rings (SSSR count). The van der Waals surface area contributed by atoms with Gasteiger partial charge in [-0.2, -0.15) is 11.8 Å². The van der Waals surface area contributed by atoms with Gasteiger partial charge in [-0.3, -0.25) is 4.79 Å². The molecular weight excluding hydrogens is 266 g/mol. The molecule has 0 radical (unpaired) electrons. The Morgan fingerprint density at radius 2 is 2.33 bits per heavy atom. The molecule has 3 nitrogen and oxygen atoms in total. The molecule has 0 spiro atoms. The molecule has 0 bridgehead atoms. The summed E-state index contributed by atoms with van der Waals surface area (Å²) in [7, 11) is 0. The van der Waals surface area contributed by atoms with E-state index in [4.69, 9.17) is 4.74 Å². The lowest BCUT2D eigenvalue weighted by molar-refractivity contribution is -0.143. The zero-order chi connectivity index (χ0) is 13.4. The van der Waals surface area contributed by atoms with Gasteiger partial charge in [-0.25, -0.2) is 4.98 Å². The van der Waals surface area contributed by atoms with Crippen molar-refractivity contribution in [3.05, 3.63) is 16.1 Å². The van der Waals surface area contributed by atoms with Gasteiger partial charge in [-0.05, 0) is 13.3 Å². The van der Waals surface area contributed by atoms with Gasteiger partial charge in [-0.1, -0.05) is 13.8 Å². The topological polar surface area (TPSA) is 39.2 Å². The van der Waals surface area contributed by atoms with Crippen molar-refractivity contribution in [3.8, 4) is 0 Å². The molecule has 18 heavy (non-hydrogen) atoms. The summed E-state index contributed by atoms with van der Waals surface area (Å²) in [5.41, 5.74) is 1.01. The molecule has 1 aromatic rings. The first-order valence-electron chi connectivity index (χ1n) is 6.36.